The molecule has 0 aliphatic heterocycles. The molecule has 0 bridgehead atoms. The second-order valence-electron chi connectivity index (χ2n) is 7.60. The predicted molar refractivity (Wildman–Crippen MR) is 97.7 cm³/mol. The van der Waals surface area contributed by atoms with Crippen LogP contribution in [0.1, 0.15) is 90.4 Å². The second kappa shape index (κ2) is 16.1. The molecule has 0 aromatic heterocycles. The predicted octanol–water partition coefficient (Wildman–Crippen LogP) is 3.34. The first-order valence-electron chi connectivity index (χ1n) is 9.46. The van der Waals surface area contributed by atoms with Gasteiger partial charge in [-0.25, -0.2) is 0 Å². The summed E-state index contributed by atoms with van der Waals surface area (Å²) in [5.74, 6) is 0. The second-order valence-corrected chi connectivity index (χ2v) is 7.60. The first kappa shape index (κ1) is 24.4. The van der Waals surface area contributed by atoms with E-state index in [1.165, 1.54) is 83.5 Å². The van der Waals surface area contributed by atoms with Gasteiger partial charge in [0.15, 0.2) is 0 Å². The lowest BCUT2D eigenvalue weighted by Crippen LogP contribution is -3.00. The van der Waals surface area contributed by atoms with Gasteiger partial charge in [0.2, 0.25) is 0 Å². The van der Waals surface area contributed by atoms with Crippen molar-refractivity contribution in [3.63, 3.8) is 0 Å². The summed E-state index contributed by atoms with van der Waals surface area (Å²) < 4.78 is 1.02. The number of rotatable bonds is 15. The Bertz CT molecular complexity index is 232. The van der Waals surface area contributed by atoms with Crippen LogP contribution in [0.3, 0.4) is 0 Å². The molecule has 134 valence electrons. The van der Waals surface area contributed by atoms with Gasteiger partial charge in [0, 0.05) is 6.42 Å². The quantitative estimate of drug-likeness (QED) is 0.234. The molecular weight excluding hydrogens is 334 g/mol. The summed E-state index contributed by atoms with van der Waals surface area (Å²) in [5.41, 5.74) is 0. The third-order valence-electron chi connectivity index (χ3n) is 4.62. The Hall–Kier alpha value is 0.180. The van der Waals surface area contributed by atoms with E-state index in [4.69, 9.17) is 0 Å². The smallest absolute Gasteiger partial charge is 0.107 e. The highest BCUT2D eigenvalue weighted by Gasteiger charge is 2.18. The zero-order valence-corrected chi connectivity index (χ0v) is 17.5. The van der Waals surface area contributed by atoms with Crippen LogP contribution in [0, 0.1) is 0 Å². The van der Waals surface area contributed by atoms with E-state index in [0.717, 1.165) is 4.48 Å². The SMILES string of the molecule is C=CC(CCCCCCCCCCCCCC)[N+](C)(C)C.[Br-]. The third-order valence-corrected chi connectivity index (χ3v) is 4.62. The van der Waals surface area contributed by atoms with Gasteiger partial charge >= 0.3 is 0 Å². The zero-order chi connectivity index (χ0) is 16.0. The van der Waals surface area contributed by atoms with E-state index >= 15 is 0 Å². The Morgan fingerprint density at radius 2 is 1.09 bits per heavy atom. The molecule has 0 radical (unpaired) electrons. The van der Waals surface area contributed by atoms with Crippen LogP contribution in [0.15, 0.2) is 12.7 Å². The lowest BCUT2D eigenvalue weighted by molar-refractivity contribution is -0.889. The average molecular weight is 376 g/mol. The summed E-state index contributed by atoms with van der Waals surface area (Å²) in [6.45, 7) is 6.28. The Morgan fingerprint density at radius 3 is 1.41 bits per heavy atom. The van der Waals surface area contributed by atoms with Crippen molar-refractivity contribution in [2.75, 3.05) is 21.1 Å². The monoisotopic (exact) mass is 375 g/mol. The molecule has 2 heteroatoms. The molecule has 0 rings (SSSR count). The molecule has 1 nitrogen and oxygen atoms in total. The molecule has 0 heterocycles. The van der Waals surface area contributed by atoms with Gasteiger partial charge < -0.3 is 21.5 Å². The van der Waals surface area contributed by atoms with E-state index in [1.807, 2.05) is 0 Å². The molecule has 0 fully saturated rings. The van der Waals surface area contributed by atoms with Crippen molar-refractivity contribution in [3.8, 4) is 0 Å². The van der Waals surface area contributed by atoms with Crippen LogP contribution in [0.5, 0.6) is 0 Å². The van der Waals surface area contributed by atoms with Crippen LogP contribution in [-0.2, 0) is 0 Å². The Morgan fingerprint density at radius 1 is 0.727 bits per heavy atom. The Kier molecular flexibility index (Phi) is 17.8. The minimum Gasteiger partial charge on any atom is -1.00 e. The van der Waals surface area contributed by atoms with Gasteiger partial charge in [-0.3, -0.25) is 0 Å². The van der Waals surface area contributed by atoms with E-state index in [9.17, 15) is 0 Å². The maximum absolute atomic E-state index is 3.99. The van der Waals surface area contributed by atoms with Crippen molar-refractivity contribution in [1.29, 1.82) is 0 Å². The molecule has 1 atom stereocenters. The van der Waals surface area contributed by atoms with Crippen LogP contribution in [-0.4, -0.2) is 31.7 Å². The summed E-state index contributed by atoms with van der Waals surface area (Å²) >= 11 is 0. The normalized spacial score (nSPS) is 12.7. The van der Waals surface area contributed by atoms with Crippen molar-refractivity contribution in [2.45, 2.75) is 96.4 Å². The highest BCUT2D eigenvalue weighted by atomic mass is 79.9. The van der Waals surface area contributed by atoms with E-state index < -0.39 is 0 Å². The first-order valence-corrected chi connectivity index (χ1v) is 9.46. The molecule has 22 heavy (non-hydrogen) atoms. The molecule has 0 aromatic carbocycles. The standard InChI is InChI=1S/C20H42N.BrH/c1-6-8-9-10-11-12-13-14-15-16-17-18-19-20(7-2)21(3,4)5;/h7,20H,2,6,8-19H2,1,3-5H3;1H/q+1;/p-1. The van der Waals surface area contributed by atoms with Crippen LogP contribution >= 0.6 is 0 Å². The minimum absolute atomic E-state index is 0. The number of nitrogens with zero attached hydrogens (tertiary/aromatic N) is 1. The lowest BCUT2D eigenvalue weighted by atomic mass is 10.0. The number of hydrogen-bond acceptors (Lipinski definition) is 0. The fraction of sp³-hybridized carbons (Fsp3) is 0.900. The van der Waals surface area contributed by atoms with Crippen LogP contribution in [0.4, 0.5) is 0 Å². The van der Waals surface area contributed by atoms with Crippen molar-refractivity contribution in [2.24, 2.45) is 0 Å². The summed E-state index contributed by atoms with van der Waals surface area (Å²) in [4.78, 5) is 0. The Balaban J connectivity index is 0. The summed E-state index contributed by atoms with van der Waals surface area (Å²) in [6, 6.07) is 0.619. The average Bonchev–Trinajstić information content (AvgIpc) is 2.42. The Labute approximate surface area is 151 Å². The summed E-state index contributed by atoms with van der Waals surface area (Å²) in [6.07, 6.45) is 20.6. The number of hydrogen-bond donors (Lipinski definition) is 0. The zero-order valence-electron chi connectivity index (χ0n) is 15.9. The van der Waals surface area contributed by atoms with Crippen molar-refractivity contribution < 1.29 is 21.5 Å². The van der Waals surface area contributed by atoms with Gasteiger partial charge in [-0.2, -0.15) is 0 Å². The highest BCUT2D eigenvalue weighted by molar-refractivity contribution is 4.79. The van der Waals surface area contributed by atoms with Crippen LogP contribution < -0.4 is 17.0 Å². The van der Waals surface area contributed by atoms with E-state index in [-0.39, 0.29) is 17.0 Å². The molecule has 0 aromatic rings. The molecule has 0 saturated carbocycles. The van der Waals surface area contributed by atoms with Crippen molar-refractivity contribution in [1.82, 2.24) is 0 Å². The fourth-order valence-electron chi connectivity index (χ4n) is 3.02. The summed E-state index contributed by atoms with van der Waals surface area (Å²) in [5, 5.41) is 0. The first-order chi connectivity index (χ1) is 10.0. The van der Waals surface area contributed by atoms with Gasteiger partial charge in [0.25, 0.3) is 0 Å². The van der Waals surface area contributed by atoms with E-state index in [2.05, 4.69) is 40.7 Å². The van der Waals surface area contributed by atoms with Crippen LogP contribution in [0.2, 0.25) is 0 Å². The maximum atomic E-state index is 3.99. The largest absolute Gasteiger partial charge is 1.00 e. The number of quaternary nitrogens is 1. The topological polar surface area (TPSA) is 0 Å². The number of unbranched alkanes of at least 4 members (excludes halogenated alkanes) is 11. The molecule has 0 aliphatic carbocycles. The van der Waals surface area contributed by atoms with Gasteiger partial charge in [0.05, 0.1) is 21.1 Å². The third kappa shape index (κ3) is 15.1. The van der Waals surface area contributed by atoms with Gasteiger partial charge in [-0.1, -0.05) is 84.1 Å². The number of likely N-dealkylation sites (N-methyl/N-ethyl adjacent to an activating group) is 1. The van der Waals surface area contributed by atoms with Gasteiger partial charge in [0.1, 0.15) is 6.04 Å². The molecule has 0 spiro atoms. The highest BCUT2D eigenvalue weighted by Crippen LogP contribution is 2.16. The van der Waals surface area contributed by atoms with Crippen molar-refractivity contribution in [3.05, 3.63) is 12.7 Å². The number of halogens is 1. The molecule has 0 aliphatic rings. The minimum atomic E-state index is 0. The van der Waals surface area contributed by atoms with Crippen LogP contribution in [0.25, 0.3) is 0 Å². The summed E-state index contributed by atoms with van der Waals surface area (Å²) in [7, 11) is 6.81. The van der Waals surface area contributed by atoms with E-state index in [1.54, 1.807) is 0 Å². The van der Waals surface area contributed by atoms with Crippen molar-refractivity contribution >= 4 is 0 Å². The molecule has 0 amide bonds. The molecule has 1 unspecified atom stereocenters. The lowest BCUT2D eigenvalue weighted by Gasteiger charge is -2.32. The molecular formula is C20H42BrN. The van der Waals surface area contributed by atoms with E-state index in [0.29, 0.717) is 6.04 Å². The van der Waals surface area contributed by atoms with Gasteiger partial charge in [-0.15, -0.1) is 0 Å². The fourth-order valence-corrected chi connectivity index (χ4v) is 3.02. The van der Waals surface area contributed by atoms with Gasteiger partial charge in [-0.05, 0) is 12.5 Å². The maximum Gasteiger partial charge on any atom is 0.107 e. The molecule has 0 N–H and O–H groups in total. The molecule has 0 saturated heterocycles.